The van der Waals surface area contributed by atoms with Crippen molar-refractivity contribution in [3.8, 4) is 5.75 Å². The summed E-state index contributed by atoms with van der Waals surface area (Å²) in [4.78, 5) is 26.8. The Morgan fingerprint density at radius 3 is 2.66 bits per heavy atom. The highest BCUT2D eigenvalue weighted by Crippen LogP contribution is 2.36. The van der Waals surface area contributed by atoms with Gasteiger partial charge in [-0.3, -0.25) is 9.59 Å². The number of aryl methyl sites for hydroxylation is 1. The maximum absolute atomic E-state index is 12.6. The number of benzene rings is 3. The molecule has 4 rings (SSSR count). The van der Waals surface area contributed by atoms with Crippen molar-refractivity contribution in [2.75, 3.05) is 16.8 Å². The van der Waals surface area contributed by atoms with Crippen LogP contribution in [0.1, 0.15) is 21.5 Å². The van der Waals surface area contributed by atoms with Crippen LogP contribution < -0.4 is 15.0 Å². The van der Waals surface area contributed by atoms with Crippen LogP contribution in [0.25, 0.3) is 0 Å². The van der Waals surface area contributed by atoms with E-state index >= 15 is 0 Å². The van der Waals surface area contributed by atoms with Gasteiger partial charge in [0.2, 0.25) is 0 Å². The van der Waals surface area contributed by atoms with E-state index in [1.54, 1.807) is 47.4 Å². The summed E-state index contributed by atoms with van der Waals surface area (Å²) in [5, 5.41) is 3.22. The Hall–Kier alpha value is -3.31. The van der Waals surface area contributed by atoms with Crippen molar-refractivity contribution in [3.05, 3.63) is 88.4 Å². The number of halogens is 1. The van der Waals surface area contributed by atoms with Gasteiger partial charge in [0.25, 0.3) is 11.8 Å². The van der Waals surface area contributed by atoms with Gasteiger partial charge in [-0.2, -0.15) is 0 Å². The average Bonchev–Trinajstić information content (AvgIpc) is 2.72. The van der Waals surface area contributed by atoms with Crippen molar-refractivity contribution in [1.82, 2.24) is 0 Å². The Balaban J connectivity index is 1.63. The fraction of sp³-hybridized carbons (Fsp3) is 0.130. The molecule has 0 aliphatic carbocycles. The molecule has 0 saturated carbocycles. The first-order chi connectivity index (χ1) is 14.0. The van der Waals surface area contributed by atoms with Gasteiger partial charge in [-0.15, -0.1) is 0 Å². The van der Waals surface area contributed by atoms with Gasteiger partial charge in [0.1, 0.15) is 5.75 Å². The lowest BCUT2D eigenvalue weighted by molar-refractivity contribution is -0.121. The minimum absolute atomic E-state index is 0.00971. The number of rotatable bonds is 4. The molecule has 1 N–H and O–H groups in total. The Morgan fingerprint density at radius 1 is 1.10 bits per heavy atom. The van der Waals surface area contributed by atoms with E-state index in [1.165, 1.54) is 0 Å². The van der Waals surface area contributed by atoms with Crippen LogP contribution in [0.2, 0.25) is 5.02 Å². The first-order valence-electron chi connectivity index (χ1n) is 9.20. The Bertz CT molecular complexity index is 1100. The Morgan fingerprint density at radius 2 is 1.86 bits per heavy atom. The predicted octanol–water partition coefficient (Wildman–Crippen LogP) is 4.83. The van der Waals surface area contributed by atoms with Gasteiger partial charge in [-0.25, -0.2) is 0 Å². The zero-order valence-electron chi connectivity index (χ0n) is 15.8. The van der Waals surface area contributed by atoms with E-state index in [0.29, 0.717) is 34.3 Å². The zero-order chi connectivity index (χ0) is 20.4. The van der Waals surface area contributed by atoms with Gasteiger partial charge in [-0.1, -0.05) is 48.0 Å². The lowest BCUT2D eigenvalue weighted by atomic mass is 10.1. The molecule has 0 saturated heterocycles. The fourth-order valence-electron chi connectivity index (χ4n) is 3.25. The highest BCUT2D eigenvalue weighted by molar-refractivity contribution is 6.34. The van der Waals surface area contributed by atoms with Gasteiger partial charge in [0.05, 0.1) is 22.8 Å². The van der Waals surface area contributed by atoms with Crippen molar-refractivity contribution in [3.63, 3.8) is 0 Å². The predicted molar refractivity (Wildman–Crippen MR) is 114 cm³/mol. The van der Waals surface area contributed by atoms with Crippen LogP contribution in [0.5, 0.6) is 5.75 Å². The number of hydrogen-bond acceptors (Lipinski definition) is 3. The fourth-order valence-corrected chi connectivity index (χ4v) is 3.48. The second-order valence-corrected chi connectivity index (χ2v) is 7.22. The summed E-state index contributed by atoms with van der Waals surface area (Å²) in [5.41, 5.74) is 3.73. The Kier molecular flexibility index (Phi) is 5.23. The van der Waals surface area contributed by atoms with Crippen LogP contribution in [-0.2, 0) is 11.3 Å². The molecule has 0 unspecified atom stereocenters. The highest BCUT2D eigenvalue weighted by atomic mass is 35.5. The van der Waals surface area contributed by atoms with Crippen LogP contribution >= 0.6 is 11.6 Å². The second kappa shape index (κ2) is 7.97. The van der Waals surface area contributed by atoms with Gasteiger partial charge < -0.3 is 15.0 Å². The van der Waals surface area contributed by atoms with E-state index in [4.69, 9.17) is 16.3 Å². The summed E-state index contributed by atoms with van der Waals surface area (Å²) in [6, 6.07) is 20.0. The van der Waals surface area contributed by atoms with Crippen LogP contribution in [0.15, 0.2) is 66.7 Å². The van der Waals surface area contributed by atoms with Gasteiger partial charge in [0, 0.05) is 5.69 Å². The molecule has 0 radical (unpaired) electrons. The monoisotopic (exact) mass is 406 g/mol. The van der Waals surface area contributed by atoms with Crippen LogP contribution in [0.3, 0.4) is 0 Å². The molecule has 5 nitrogen and oxygen atoms in total. The number of fused-ring (bicyclic) bond motifs is 1. The molecule has 1 aliphatic rings. The molecule has 1 heterocycles. The van der Waals surface area contributed by atoms with Crippen LogP contribution in [0, 0.1) is 6.92 Å². The van der Waals surface area contributed by atoms with E-state index in [0.717, 1.165) is 11.1 Å². The molecule has 1 aliphatic heterocycles. The number of nitrogens with zero attached hydrogens (tertiary/aromatic N) is 1. The number of carbonyl (C=O) groups excluding carboxylic acids is 2. The van der Waals surface area contributed by atoms with E-state index in [-0.39, 0.29) is 18.4 Å². The SMILES string of the molecule is Cc1ccccc1CN1C(=O)COc2ccc(NC(=O)c3ccccc3Cl)cc21. The molecule has 146 valence electrons. The summed E-state index contributed by atoms with van der Waals surface area (Å²) in [5.74, 6) is 0.160. The molecule has 6 heteroatoms. The summed E-state index contributed by atoms with van der Waals surface area (Å²) in [7, 11) is 0. The zero-order valence-corrected chi connectivity index (χ0v) is 16.6. The van der Waals surface area contributed by atoms with Crippen molar-refractivity contribution in [2.45, 2.75) is 13.5 Å². The van der Waals surface area contributed by atoms with Crippen molar-refractivity contribution >= 4 is 34.8 Å². The molecule has 0 aromatic heterocycles. The summed E-state index contributed by atoms with van der Waals surface area (Å²) < 4.78 is 5.57. The lowest BCUT2D eigenvalue weighted by Gasteiger charge is -2.30. The molecule has 3 aromatic rings. The molecule has 29 heavy (non-hydrogen) atoms. The molecule has 0 spiro atoms. The molecular weight excluding hydrogens is 388 g/mol. The van der Waals surface area contributed by atoms with Gasteiger partial charge >= 0.3 is 0 Å². The first-order valence-corrected chi connectivity index (χ1v) is 9.58. The standard InChI is InChI=1S/C23H19ClN2O3/c1-15-6-2-3-7-16(15)13-26-20-12-17(10-11-21(20)29-14-22(26)27)25-23(28)18-8-4-5-9-19(18)24/h2-12H,13-14H2,1H3,(H,25,28). The molecule has 2 amide bonds. The smallest absolute Gasteiger partial charge is 0.265 e. The third-order valence-corrected chi connectivity index (χ3v) is 5.20. The van der Waals surface area contributed by atoms with E-state index in [2.05, 4.69) is 5.32 Å². The first kappa shape index (κ1) is 19.0. The minimum atomic E-state index is -0.316. The van der Waals surface area contributed by atoms with Gasteiger partial charge in [-0.05, 0) is 48.4 Å². The molecule has 0 bridgehead atoms. The van der Waals surface area contributed by atoms with E-state index in [1.807, 2.05) is 31.2 Å². The number of amides is 2. The highest BCUT2D eigenvalue weighted by Gasteiger charge is 2.26. The normalized spacial score (nSPS) is 12.9. The summed E-state index contributed by atoms with van der Waals surface area (Å²) in [6.07, 6.45) is 0. The molecule has 0 fully saturated rings. The van der Waals surface area contributed by atoms with Crippen molar-refractivity contribution in [2.24, 2.45) is 0 Å². The maximum atomic E-state index is 12.6. The lowest BCUT2D eigenvalue weighted by Crippen LogP contribution is -2.38. The summed E-state index contributed by atoms with van der Waals surface area (Å²) in [6.45, 7) is 2.44. The summed E-state index contributed by atoms with van der Waals surface area (Å²) >= 11 is 6.11. The third kappa shape index (κ3) is 3.96. The van der Waals surface area contributed by atoms with Crippen LogP contribution in [-0.4, -0.2) is 18.4 Å². The topological polar surface area (TPSA) is 58.6 Å². The van der Waals surface area contributed by atoms with Crippen molar-refractivity contribution in [1.29, 1.82) is 0 Å². The second-order valence-electron chi connectivity index (χ2n) is 6.81. The number of ether oxygens (including phenoxy) is 1. The average molecular weight is 407 g/mol. The maximum Gasteiger partial charge on any atom is 0.265 e. The molecular formula is C23H19ClN2O3. The number of anilines is 2. The van der Waals surface area contributed by atoms with Crippen molar-refractivity contribution < 1.29 is 14.3 Å². The number of hydrogen-bond donors (Lipinski definition) is 1. The quantitative estimate of drug-likeness (QED) is 0.675. The number of carbonyl (C=O) groups is 2. The van der Waals surface area contributed by atoms with E-state index in [9.17, 15) is 9.59 Å². The van der Waals surface area contributed by atoms with Gasteiger partial charge in [0.15, 0.2) is 6.61 Å². The third-order valence-electron chi connectivity index (χ3n) is 4.87. The Labute approximate surface area is 173 Å². The largest absolute Gasteiger partial charge is 0.482 e. The number of nitrogens with one attached hydrogen (secondary N) is 1. The minimum Gasteiger partial charge on any atom is -0.482 e. The molecule has 3 aromatic carbocycles. The van der Waals surface area contributed by atoms with E-state index < -0.39 is 0 Å². The van der Waals surface area contributed by atoms with Crippen LogP contribution in [0.4, 0.5) is 11.4 Å². The molecule has 0 atom stereocenters.